The molecule has 4 rings (SSSR count). The number of nitrogens with zero attached hydrogens (tertiary/aromatic N) is 2. The molecule has 12 heteroatoms. The Balaban J connectivity index is 1.62. The monoisotopic (exact) mass is 463 g/mol. The van der Waals surface area contributed by atoms with E-state index in [2.05, 4.69) is 20.0 Å². The van der Waals surface area contributed by atoms with Crippen molar-refractivity contribution in [2.75, 3.05) is 0 Å². The van der Waals surface area contributed by atoms with Crippen molar-refractivity contribution in [3.8, 4) is 11.5 Å². The third-order valence-corrected chi connectivity index (χ3v) is 4.71. The van der Waals surface area contributed by atoms with Crippen molar-refractivity contribution < 1.29 is 41.7 Å². The molecule has 0 radical (unpaired) electrons. The van der Waals surface area contributed by atoms with Gasteiger partial charge in [-0.3, -0.25) is 14.8 Å². The van der Waals surface area contributed by atoms with Crippen molar-refractivity contribution in [3.05, 3.63) is 83.2 Å². The molecule has 1 aliphatic rings. The average molecular weight is 463 g/mol. The van der Waals surface area contributed by atoms with Crippen LogP contribution >= 0.6 is 0 Å². The van der Waals surface area contributed by atoms with Gasteiger partial charge in [0.1, 0.15) is 11.4 Å². The Kier molecular flexibility index (Phi) is 5.58. The van der Waals surface area contributed by atoms with Gasteiger partial charge in [-0.2, -0.15) is 0 Å². The highest BCUT2D eigenvalue weighted by atomic mass is 19.4. The van der Waals surface area contributed by atoms with E-state index in [1.54, 1.807) is 12.1 Å². The molecule has 1 aromatic carbocycles. The van der Waals surface area contributed by atoms with Crippen molar-refractivity contribution in [2.24, 2.45) is 0 Å². The fourth-order valence-corrected chi connectivity index (χ4v) is 3.31. The van der Waals surface area contributed by atoms with E-state index < -0.39 is 42.0 Å². The molecule has 2 N–H and O–H groups in total. The topological polar surface area (TPSA) is 111 Å². The highest BCUT2D eigenvalue weighted by molar-refractivity contribution is 5.94. The molecule has 33 heavy (non-hydrogen) atoms. The van der Waals surface area contributed by atoms with Gasteiger partial charge in [0.2, 0.25) is 0 Å². The quantitative estimate of drug-likeness (QED) is 0.558. The van der Waals surface area contributed by atoms with Gasteiger partial charge in [-0.25, -0.2) is 9.18 Å². The number of carbonyl (C=O) groups is 2. The maximum absolute atomic E-state index is 14.3. The van der Waals surface area contributed by atoms with Gasteiger partial charge >= 0.3 is 12.3 Å². The van der Waals surface area contributed by atoms with Crippen molar-refractivity contribution in [2.45, 2.75) is 18.5 Å². The minimum atomic E-state index is -5.06. The first-order valence-corrected chi connectivity index (χ1v) is 9.29. The number of benzene rings is 1. The summed E-state index contributed by atoms with van der Waals surface area (Å²) in [7, 11) is 0. The van der Waals surface area contributed by atoms with Crippen LogP contribution in [0.5, 0.6) is 11.5 Å². The number of carboxylic acid groups (broad SMARTS) is 1. The molecule has 0 spiro atoms. The zero-order valence-corrected chi connectivity index (χ0v) is 16.3. The third-order valence-electron chi connectivity index (χ3n) is 4.71. The van der Waals surface area contributed by atoms with Crippen LogP contribution in [0, 0.1) is 5.82 Å². The summed E-state index contributed by atoms with van der Waals surface area (Å²) in [6.07, 6.45) is -3.71. The summed E-state index contributed by atoms with van der Waals surface area (Å²) in [6.45, 7) is 0. The minimum Gasteiger partial charge on any atom is -0.478 e. The van der Waals surface area contributed by atoms with Gasteiger partial charge < -0.3 is 19.9 Å². The van der Waals surface area contributed by atoms with Crippen molar-refractivity contribution in [3.63, 3.8) is 0 Å². The lowest BCUT2D eigenvalue weighted by molar-refractivity contribution is -0.275. The molecule has 3 aromatic rings. The Morgan fingerprint density at radius 2 is 1.91 bits per heavy atom. The maximum Gasteiger partial charge on any atom is 0.573 e. The molecule has 2 atom stereocenters. The van der Waals surface area contributed by atoms with Crippen LogP contribution in [0.1, 0.15) is 38.0 Å². The lowest BCUT2D eigenvalue weighted by Crippen LogP contribution is -2.41. The molecule has 0 saturated carbocycles. The second-order valence-corrected chi connectivity index (χ2v) is 6.85. The van der Waals surface area contributed by atoms with E-state index in [1.165, 1.54) is 24.4 Å². The first-order valence-electron chi connectivity index (χ1n) is 9.29. The van der Waals surface area contributed by atoms with Crippen LogP contribution in [0.3, 0.4) is 0 Å². The van der Waals surface area contributed by atoms with E-state index in [1.807, 2.05) is 0 Å². The number of aromatic carboxylic acids is 1. The fraction of sp³-hybridized carbons (Fsp3) is 0.143. The Morgan fingerprint density at radius 1 is 1.12 bits per heavy atom. The Bertz CT molecular complexity index is 1220. The highest BCUT2D eigenvalue weighted by Crippen LogP contribution is 2.41. The first-order chi connectivity index (χ1) is 15.6. The van der Waals surface area contributed by atoms with Gasteiger partial charge in [0.05, 0.1) is 17.2 Å². The summed E-state index contributed by atoms with van der Waals surface area (Å²) >= 11 is 0. The number of hydrogen-bond donors (Lipinski definition) is 2. The SMILES string of the molecule is O=C(O)c1ccc(C(=O)N[C@@H]2Oc3cccnc3C2c2ccc(OC(F)(F)F)c(F)c2)nc1. The molecule has 1 amide bonds. The molecule has 1 aliphatic heterocycles. The Labute approximate surface area is 182 Å². The summed E-state index contributed by atoms with van der Waals surface area (Å²) in [5.41, 5.74) is 0.293. The molecular formula is C21H13F4N3O5. The number of pyridine rings is 2. The number of aromatic nitrogens is 2. The second-order valence-electron chi connectivity index (χ2n) is 6.85. The van der Waals surface area contributed by atoms with Gasteiger partial charge in [0.15, 0.2) is 17.8 Å². The number of carboxylic acids is 1. The van der Waals surface area contributed by atoms with E-state index >= 15 is 0 Å². The van der Waals surface area contributed by atoms with E-state index in [0.717, 1.165) is 18.3 Å². The standard InChI is InChI=1S/C21H13F4N3O5/c22-12-8-10(4-6-14(12)33-21(23,24)25)16-17-15(2-1-7-26-17)32-19(16)28-18(29)13-5-3-11(9-27-13)20(30)31/h1-9,16,19H,(H,28,29)(H,30,31)/t16?,19-/m1/s1. The van der Waals surface area contributed by atoms with Crippen LogP contribution in [-0.2, 0) is 0 Å². The van der Waals surface area contributed by atoms with Crippen LogP contribution in [0.25, 0.3) is 0 Å². The van der Waals surface area contributed by atoms with Crippen LogP contribution in [0.15, 0.2) is 54.9 Å². The Morgan fingerprint density at radius 3 is 2.55 bits per heavy atom. The number of halogens is 4. The zero-order valence-electron chi connectivity index (χ0n) is 16.3. The Hall–Kier alpha value is -4.22. The molecular weight excluding hydrogens is 450 g/mol. The molecule has 0 saturated heterocycles. The highest BCUT2D eigenvalue weighted by Gasteiger charge is 2.39. The molecule has 1 unspecified atom stereocenters. The van der Waals surface area contributed by atoms with Gasteiger partial charge in [-0.15, -0.1) is 13.2 Å². The van der Waals surface area contributed by atoms with E-state index in [-0.39, 0.29) is 22.6 Å². The average Bonchev–Trinajstić information content (AvgIpc) is 3.12. The molecule has 170 valence electrons. The van der Waals surface area contributed by atoms with E-state index in [0.29, 0.717) is 5.69 Å². The number of amides is 1. The molecule has 2 aromatic heterocycles. The summed E-state index contributed by atoms with van der Waals surface area (Å²) < 4.78 is 61.1. The second kappa shape index (κ2) is 8.37. The summed E-state index contributed by atoms with van der Waals surface area (Å²) in [4.78, 5) is 31.6. The predicted octanol–water partition coefficient (Wildman–Crippen LogP) is 3.49. The lowest BCUT2D eigenvalue weighted by Gasteiger charge is -2.21. The molecule has 8 nitrogen and oxygen atoms in total. The predicted molar refractivity (Wildman–Crippen MR) is 102 cm³/mol. The molecule has 0 aliphatic carbocycles. The van der Waals surface area contributed by atoms with Crippen molar-refractivity contribution in [1.82, 2.24) is 15.3 Å². The van der Waals surface area contributed by atoms with Crippen molar-refractivity contribution in [1.29, 1.82) is 0 Å². The summed E-state index contributed by atoms with van der Waals surface area (Å²) in [5.74, 6) is -4.77. The molecule has 3 heterocycles. The molecule has 0 bridgehead atoms. The van der Waals surface area contributed by atoms with Gasteiger partial charge in [0.25, 0.3) is 5.91 Å². The number of fused-ring (bicyclic) bond motifs is 1. The largest absolute Gasteiger partial charge is 0.573 e. The number of alkyl halides is 3. The maximum atomic E-state index is 14.3. The first kappa shape index (κ1) is 22.0. The van der Waals surface area contributed by atoms with Crippen molar-refractivity contribution >= 4 is 11.9 Å². The number of nitrogens with one attached hydrogen (secondary N) is 1. The molecule has 0 fully saturated rings. The van der Waals surface area contributed by atoms with Crippen LogP contribution < -0.4 is 14.8 Å². The van der Waals surface area contributed by atoms with Gasteiger partial charge in [-0.1, -0.05) is 6.07 Å². The zero-order chi connectivity index (χ0) is 23.8. The normalized spacial score (nSPS) is 17.1. The number of carbonyl (C=O) groups excluding carboxylic acids is 1. The fourth-order valence-electron chi connectivity index (χ4n) is 3.31. The van der Waals surface area contributed by atoms with E-state index in [9.17, 15) is 27.2 Å². The summed E-state index contributed by atoms with van der Waals surface area (Å²) in [5, 5.41) is 11.5. The van der Waals surface area contributed by atoms with E-state index in [4.69, 9.17) is 9.84 Å². The van der Waals surface area contributed by atoms with Crippen LogP contribution in [-0.4, -0.2) is 39.5 Å². The lowest BCUT2D eigenvalue weighted by atomic mass is 9.94. The minimum absolute atomic E-state index is 0.105. The third kappa shape index (κ3) is 4.68. The van der Waals surface area contributed by atoms with Crippen LogP contribution in [0.4, 0.5) is 17.6 Å². The van der Waals surface area contributed by atoms with Gasteiger partial charge in [-0.05, 0) is 42.0 Å². The number of ether oxygens (including phenoxy) is 2. The van der Waals surface area contributed by atoms with Gasteiger partial charge in [0, 0.05) is 12.4 Å². The van der Waals surface area contributed by atoms with Crippen LogP contribution in [0.2, 0.25) is 0 Å². The summed E-state index contributed by atoms with van der Waals surface area (Å²) in [6, 6.07) is 8.43. The number of rotatable bonds is 5. The number of hydrogen-bond acceptors (Lipinski definition) is 6. The smallest absolute Gasteiger partial charge is 0.478 e.